The van der Waals surface area contributed by atoms with Crippen molar-refractivity contribution < 1.29 is 18.0 Å². The van der Waals surface area contributed by atoms with Gasteiger partial charge in [-0.25, -0.2) is 8.78 Å². The number of amides is 1. The van der Waals surface area contributed by atoms with Gasteiger partial charge >= 0.3 is 0 Å². The molecular weight excluding hydrogens is 308 g/mol. The zero-order valence-electron chi connectivity index (χ0n) is 9.26. The van der Waals surface area contributed by atoms with Crippen LogP contribution in [-0.4, -0.2) is 5.91 Å². The van der Waals surface area contributed by atoms with Gasteiger partial charge in [0, 0.05) is 4.47 Å². The summed E-state index contributed by atoms with van der Waals surface area (Å²) in [5.74, 6) is -1.94. The second-order valence-corrected chi connectivity index (χ2v) is 4.50. The van der Waals surface area contributed by atoms with E-state index in [4.69, 9.17) is 4.42 Å². The van der Waals surface area contributed by atoms with Gasteiger partial charge in [0.05, 0.1) is 11.8 Å². The number of hydrogen-bond acceptors (Lipinski definition) is 2. The second-order valence-electron chi connectivity index (χ2n) is 3.59. The molecule has 0 aliphatic rings. The zero-order chi connectivity index (χ0) is 13.3. The fraction of sp³-hybridized carbons (Fsp3) is 0.0833. The predicted molar refractivity (Wildman–Crippen MR) is 65.5 cm³/mol. The van der Waals surface area contributed by atoms with Gasteiger partial charge in [-0.05, 0) is 25.1 Å². The summed E-state index contributed by atoms with van der Waals surface area (Å²) < 4.78 is 32.2. The monoisotopic (exact) mass is 315 g/mol. The van der Waals surface area contributed by atoms with Crippen LogP contribution in [0.25, 0.3) is 0 Å². The third-order valence-electron chi connectivity index (χ3n) is 2.35. The maximum absolute atomic E-state index is 13.5. The van der Waals surface area contributed by atoms with Crippen LogP contribution in [0.2, 0.25) is 0 Å². The molecule has 0 saturated heterocycles. The number of carbonyl (C=O) groups is 1. The minimum atomic E-state index is -0.851. The van der Waals surface area contributed by atoms with Crippen LogP contribution < -0.4 is 5.32 Å². The van der Waals surface area contributed by atoms with E-state index >= 15 is 0 Å². The summed E-state index contributed by atoms with van der Waals surface area (Å²) in [4.78, 5) is 11.8. The molecule has 1 heterocycles. The number of halogens is 3. The minimum absolute atomic E-state index is 0.233. The van der Waals surface area contributed by atoms with E-state index in [1.54, 1.807) is 6.92 Å². The van der Waals surface area contributed by atoms with Crippen molar-refractivity contribution in [2.75, 3.05) is 5.32 Å². The summed E-state index contributed by atoms with van der Waals surface area (Å²) in [7, 11) is 0. The average Bonchev–Trinajstić information content (AvgIpc) is 2.69. The Morgan fingerprint density at radius 2 is 1.94 bits per heavy atom. The summed E-state index contributed by atoms with van der Waals surface area (Å²) in [6.07, 6.45) is 1.33. The van der Waals surface area contributed by atoms with Crippen LogP contribution in [0.1, 0.15) is 16.1 Å². The van der Waals surface area contributed by atoms with Crippen LogP contribution in [0.4, 0.5) is 14.5 Å². The Balaban J connectivity index is 2.31. The van der Waals surface area contributed by atoms with Crippen molar-refractivity contribution in [3.05, 3.63) is 51.9 Å². The van der Waals surface area contributed by atoms with Gasteiger partial charge in [0.2, 0.25) is 0 Å². The van der Waals surface area contributed by atoms with Gasteiger partial charge < -0.3 is 9.73 Å². The lowest BCUT2D eigenvalue weighted by Gasteiger charge is -2.07. The molecule has 0 aliphatic carbocycles. The van der Waals surface area contributed by atoms with Gasteiger partial charge in [-0.15, -0.1) is 0 Å². The Kier molecular flexibility index (Phi) is 3.47. The van der Waals surface area contributed by atoms with Gasteiger partial charge in [-0.1, -0.05) is 15.9 Å². The highest BCUT2D eigenvalue weighted by atomic mass is 79.9. The van der Waals surface area contributed by atoms with E-state index in [1.807, 2.05) is 0 Å². The van der Waals surface area contributed by atoms with E-state index in [2.05, 4.69) is 21.2 Å². The molecule has 1 aromatic carbocycles. The van der Waals surface area contributed by atoms with Gasteiger partial charge in [0.15, 0.2) is 11.6 Å². The van der Waals surface area contributed by atoms with Crippen LogP contribution in [0.3, 0.4) is 0 Å². The van der Waals surface area contributed by atoms with Crippen LogP contribution in [0.15, 0.2) is 33.4 Å². The molecule has 0 bridgehead atoms. The molecular formula is C12H8BrF2NO2. The molecule has 0 radical (unpaired) electrons. The van der Waals surface area contributed by atoms with Gasteiger partial charge in [-0.3, -0.25) is 4.79 Å². The normalized spacial score (nSPS) is 10.4. The Hall–Kier alpha value is -1.69. The molecule has 2 aromatic rings. The number of carbonyl (C=O) groups excluding carboxylic acids is 1. The molecule has 0 atom stereocenters. The SMILES string of the molecule is Cc1occc1C(=O)Nc1c(F)cc(Br)cc1F. The maximum Gasteiger partial charge on any atom is 0.259 e. The summed E-state index contributed by atoms with van der Waals surface area (Å²) in [6.45, 7) is 1.59. The summed E-state index contributed by atoms with van der Waals surface area (Å²) >= 11 is 2.96. The molecule has 0 spiro atoms. The van der Waals surface area contributed by atoms with Crippen molar-refractivity contribution in [2.24, 2.45) is 0 Å². The molecule has 3 nitrogen and oxygen atoms in total. The third-order valence-corrected chi connectivity index (χ3v) is 2.81. The molecule has 0 aliphatic heterocycles. The highest BCUT2D eigenvalue weighted by Gasteiger charge is 2.17. The Morgan fingerprint density at radius 1 is 1.33 bits per heavy atom. The van der Waals surface area contributed by atoms with E-state index in [0.717, 1.165) is 12.1 Å². The molecule has 0 fully saturated rings. The number of hydrogen-bond donors (Lipinski definition) is 1. The van der Waals surface area contributed by atoms with Crippen LogP contribution in [0, 0.1) is 18.6 Å². The number of aryl methyl sites for hydroxylation is 1. The quantitative estimate of drug-likeness (QED) is 0.913. The fourth-order valence-corrected chi connectivity index (χ4v) is 1.86. The maximum atomic E-state index is 13.5. The predicted octanol–water partition coefficient (Wildman–Crippen LogP) is 3.88. The number of rotatable bonds is 2. The first-order valence-electron chi connectivity index (χ1n) is 4.99. The zero-order valence-corrected chi connectivity index (χ0v) is 10.8. The molecule has 6 heteroatoms. The van der Waals surface area contributed by atoms with Crippen molar-refractivity contribution in [3.8, 4) is 0 Å². The number of anilines is 1. The first kappa shape index (κ1) is 12.8. The van der Waals surface area contributed by atoms with Crippen LogP contribution >= 0.6 is 15.9 Å². The van der Waals surface area contributed by atoms with E-state index in [0.29, 0.717) is 5.76 Å². The fourth-order valence-electron chi connectivity index (χ4n) is 1.46. The number of nitrogens with one attached hydrogen (secondary N) is 1. The first-order valence-corrected chi connectivity index (χ1v) is 5.78. The molecule has 0 unspecified atom stereocenters. The molecule has 2 rings (SSSR count). The summed E-state index contributed by atoms with van der Waals surface area (Å²) in [5, 5.41) is 2.18. The molecule has 18 heavy (non-hydrogen) atoms. The lowest BCUT2D eigenvalue weighted by atomic mass is 10.2. The molecule has 1 aromatic heterocycles. The van der Waals surface area contributed by atoms with Gasteiger partial charge in [-0.2, -0.15) is 0 Å². The molecule has 1 amide bonds. The smallest absolute Gasteiger partial charge is 0.259 e. The van der Waals surface area contributed by atoms with Crippen LogP contribution in [-0.2, 0) is 0 Å². The Labute approximate surface area is 110 Å². The minimum Gasteiger partial charge on any atom is -0.469 e. The lowest BCUT2D eigenvalue weighted by Crippen LogP contribution is -2.14. The Morgan fingerprint density at radius 3 is 2.44 bits per heavy atom. The molecule has 1 N–H and O–H groups in total. The van der Waals surface area contributed by atoms with E-state index in [9.17, 15) is 13.6 Å². The van der Waals surface area contributed by atoms with Crippen LogP contribution in [0.5, 0.6) is 0 Å². The van der Waals surface area contributed by atoms with Crippen molar-refractivity contribution in [3.63, 3.8) is 0 Å². The topological polar surface area (TPSA) is 42.2 Å². The van der Waals surface area contributed by atoms with Crippen molar-refractivity contribution in [1.82, 2.24) is 0 Å². The van der Waals surface area contributed by atoms with E-state index in [-0.39, 0.29) is 10.0 Å². The first-order chi connectivity index (χ1) is 8.49. The van der Waals surface area contributed by atoms with Crippen molar-refractivity contribution >= 4 is 27.5 Å². The highest BCUT2D eigenvalue weighted by Crippen LogP contribution is 2.24. The second kappa shape index (κ2) is 4.89. The van der Waals surface area contributed by atoms with E-state index in [1.165, 1.54) is 12.3 Å². The highest BCUT2D eigenvalue weighted by molar-refractivity contribution is 9.10. The molecule has 94 valence electrons. The lowest BCUT2D eigenvalue weighted by molar-refractivity contribution is 0.102. The van der Waals surface area contributed by atoms with Crippen molar-refractivity contribution in [1.29, 1.82) is 0 Å². The van der Waals surface area contributed by atoms with Gasteiger partial charge in [0.1, 0.15) is 11.4 Å². The van der Waals surface area contributed by atoms with Gasteiger partial charge in [0.25, 0.3) is 5.91 Å². The molecule has 0 saturated carbocycles. The Bertz CT molecular complexity index is 587. The number of benzene rings is 1. The van der Waals surface area contributed by atoms with Crippen molar-refractivity contribution in [2.45, 2.75) is 6.92 Å². The average molecular weight is 316 g/mol. The summed E-state index contributed by atoms with van der Waals surface area (Å²) in [6, 6.07) is 3.57. The summed E-state index contributed by atoms with van der Waals surface area (Å²) in [5.41, 5.74) is -0.250. The third kappa shape index (κ3) is 2.43. The largest absolute Gasteiger partial charge is 0.469 e. The number of furan rings is 1. The standard InChI is InChI=1S/C12H8BrF2NO2/c1-6-8(2-3-18-6)12(17)16-11-9(14)4-7(13)5-10(11)15/h2-5H,1H3,(H,16,17). The van der Waals surface area contributed by atoms with E-state index < -0.39 is 23.2 Å².